The van der Waals surface area contributed by atoms with Gasteiger partial charge in [-0.1, -0.05) is 24.3 Å². The summed E-state index contributed by atoms with van der Waals surface area (Å²) in [4.78, 5) is 43.3. The van der Waals surface area contributed by atoms with Gasteiger partial charge in [0.1, 0.15) is 5.82 Å². The Labute approximate surface area is 185 Å². The predicted molar refractivity (Wildman–Crippen MR) is 120 cm³/mol. The molecule has 0 saturated carbocycles. The largest absolute Gasteiger partial charge is 0.368 e. The number of para-hydroxylation sites is 1. The molecule has 0 spiro atoms. The van der Waals surface area contributed by atoms with E-state index in [0.717, 1.165) is 11.3 Å². The average Bonchev–Trinajstić information content (AvgIpc) is 2.82. The number of aryl methyl sites for hydroxylation is 1. The second kappa shape index (κ2) is 9.18. The first kappa shape index (κ1) is 21.5. The smallest absolute Gasteiger partial charge is 0.253 e. The molecule has 1 amide bonds. The van der Waals surface area contributed by atoms with E-state index in [4.69, 9.17) is 0 Å². The van der Waals surface area contributed by atoms with Crippen molar-refractivity contribution in [3.8, 4) is 0 Å². The fourth-order valence-corrected chi connectivity index (χ4v) is 3.94. The maximum absolute atomic E-state index is 13.5. The van der Waals surface area contributed by atoms with Crippen LogP contribution in [0.1, 0.15) is 22.0 Å². The van der Waals surface area contributed by atoms with Crippen LogP contribution in [0.2, 0.25) is 0 Å². The van der Waals surface area contributed by atoms with Crippen LogP contribution in [-0.4, -0.2) is 47.3 Å². The molecule has 0 unspecified atom stereocenters. The number of ketones is 1. The van der Waals surface area contributed by atoms with Crippen molar-refractivity contribution in [3.63, 3.8) is 0 Å². The summed E-state index contributed by atoms with van der Waals surface area (Å²) >= 11 is 0. The summed E-state index contributed by atoms with van der Waals surface area (Å²) < 4.78 is 14.6. The van der Waals surface area contributed by atoms with E-state index in [1.807, 2.05) is 30.3 Å². The summed E-state index contributed by atoms with van der Waals surface area (Å²) in [6, 6.07) is 16.6. The number of hydrogen-bond acceptors (Lipinski definition) is 4. The first-order chi connectivity index (χ1) is 15.4. The van der Waals surface area contributed by atoms with E-state index in [1.165, 1.54) is 41.1 Å². The standard InChI is InChI=1S/C25H24FN3O3/c1-18-7-12-22(30)29(17-18)23(24(31)19-8-10-20(26)11-9-19)25(32)28-15-13-27(14-16-28)21-5-3-2-4-6-21/h2-12,17,23H,13-16H2,1H3/t23-/m1/s1. The van der Waals surface area contributed by atoms with Crippen molar-refractivity contribution in [3.05, 3.63) is 100 Å². The summed E-state index contributed by atoms with van der Waals surface area (Å²) in [6.45, 7) is 3.90. The molecule has 0 aliphatic carbocycles. The van der Waals surface area contributed by atoms with Crippen LogP contribution in [0.3, 0.4) is 0 Å². The second-order valence-corrected chi connectivity index (χ2v) is 7.87. The van der Waals surface area contributed by atoms with Gasteiger partial charge in [0.2, 0.25) is 0 Å². The second-order valence-electron chi connectivity index (χ2n) is 7.87. The highest BCUT2D eigenvalue weighted by atomic mass is 19.1. The lowest BCUT2D eigenvalue weighted by Crippen LogP contribution is -2.52. The van der Waals surface area contributed by atoms with Crippen molar-refractivity contribution < 1.29 is 14.0 Å². The van der Waals surface area contributed by atoms with Crippen molar-refractivity contribution >= 4 is 17.4 Å². The van der Waals surface area contributed by atoms with E-state index >= 15 is 0 Å². The predicted octanol–water partition coefficient (Wildman–Crippen LogP) is 3.07. The third kappa shape index (κ3) is 4.46. The van der Waals surface area contributed by atoms with Crippen LogP contribution >= 0.6 is 0 Å². The Hall–Kier alpha value is -3.74. The highest BCUT2D eigenvalue weighted by Gasteiger charge is 2.35. The van der Waals surface area contributed by atoms with Gasteiger partial charge in [-0.3, -0.25) is 19.0 Å². The highest BCUT2D eigenvalue weighted by Crippen LogP contribution is 2.21. The van der Waals surface area contributed by atoms with Crippen LogP contribution in [0.4, 0.5) is 10.1 Å². The van der Waals surface area contributed by atoms with Gasteiger partial charge < -0.3 is 9.80 Å². The van der Waals surface area contributed by atoms with Crippen molar-refractivity contribution in [2.75, 3.05) is 31.1 Å². The lowest BCUT2D eigenvalue weighted by Gasteiger charge is -2.37. The van der Waals surface area contributed by atoms with Crippen molar-refractivity contribution in [2.45, 2.75) is 13.0 Å². The molecule has 2 aromatic carbocycles. The zero-order chi connectivity index (χ0) is 22.7. The Morgan fingerprint density at radius 1 is 0.875 bits per heavy atom. The van der Waals surface area contributed by atoms with E-state index in [0.29, 0.717) is 26.2 Å². The monoisotopic (exact) mass is 433 g/mol. The number of aromatic nitrogens is 1. The van der Waals surface area contributed by atoms with Gasteiger partial charge in [0, 0.05) is 49.7 Å². The van der Waals surface area contributed by atoms with E-state index in [1.54, 1.807) is 17.9 Å². The number of nitrogens with zero attached hydrogens (tertiary/aromatic N) is 3. The molecule has 1 aliphatic rings. The summed E-state index contributed by atoms with van der Waals surface area (Å²) in [5, 5.41) is 0. The third-order valence-electron chi connectivity index (χ3n) is 5.69. The fourth-order valence-electron chi connectivity index (χ4n) is 3.94. The van der Waals surface area contributed by atoms with Crippen LogP contribution in [0, 0.1) is 12.7 Å². The molecule has 2 heterocycles. The quantitative estimate of drug-likeness (QED) is 0.458. The zero-order valence-electron chi connectivity index (χ0n) is 17.8. The Kier molecular flexibility index (Phi) is 6.16. The van der Waals surface area contributed by atoms with Gasteiger partial charge in [-0.15, -0.1) is 0 Å². The number of hydrogen-bond donors (Lipinski definition) is 0. The molecule has 32 heavy (non-hydrogen) atoms. The normalized spacial score (nSPS) is 14.8. The molecule has 0 bridgehead atoms. The number of amides is 1. The Morgan fingerprint density at radius 2 is 1.53 bits per heavy atom. The first-order valence-electron chi connectivity index (χ1n) is 10.5. The van der Waals surface area contributed by atoms with Gasteiger partial charge in [-0.2, -0.15) is 0 Å². The number of pyridine rings is 1. The van der Waals surface area contributed by atoms with Gasteiger partial charge in [-0.05, 0) is 48.9 Å². The first-order valence-corrected chi connectivity index (χ1v) is 10.5. The Morgan fingerprint density at radius 3 is 2.19 bits per heavy atom. The molecule has 7 heteroatoms. The van der Waals surface area contributed by atoms with Crippen molar-refractivity contribution in [2.24, 2.45) is 0 Å². The third-order valence-corrected chi connectivity index (χ3v) is 5.69. The lowest BCUT2D eigenvalue weighted by atomic mass is 10.0. The molecular formula is C25H24FN3O3. The number of Topliss-reactive ketones (excluding diaryl/α,β-unsaturated/α-hetero) is 1. The molecule has 3 aromatic rings. The van der Waals surface area contributed by atoms with Crippen LogP contribution in [0.5, 0.6) is 0 Å². The minimum absolute atomic E-state index is 0.182. The van der Waals surface area contributed by atoms with E-state index in [-0.39, 0.29) is 5.56 Å². The molecule has 1 atom stereocenters. The van der Waals surface area contributed by atoms with Crippen LogP contribution in [0.25, 0.3) is 0 Å². The Balaban J connectivity index is 1.62. The molecule has 1 fully saturated rings. The summed E-state index contributed by atoms with van der Waals surface area (Å²) in [6.07, 6.45) is 1.52. The fraction of sp³-hybridized carbons (Fsp3) is 0.240. The SMILES string of the molecule is Cc1ccc(=O)n([C@H](C(=O)c2ccc(F)cc2)C(=O)N2CCN(c3ccccc3)CC2)c1. The maximum atomic E-state index is 13.5. The molecule has 4 rings (SSSR count). The number of piperazine rings is 1. The van der Waals surface area contributed by atoms with E-state index < -0.39 is 29.1 Å². The van der Waals surface area contributed by atoms with Crippen LogP contribution in [0.15, 0.2) is 77.7 Å². The average molecular weight is 433 g/mol. The Bertz CT molecular complexity index is 1170. The number of benzene rings is 2. The topological polar surface area (TPSA) is 62.6 Å². The molecule has 0 radical (unpaired) electrons. The maximum Gasteiger partial charge on any atom is 0.253 e. The number of halogens is 1. The van der Waals surface area contributed by atoms with Crippen molar-refractivity contribution in [1.29, 1.82) is 0 Å². The molecule has 1 saturated heterocycles. The van der Waals surface area contributed by atoms with E-state index in [9.17, 15) is 18.8 Å². The highest BCUT2D eigenvalue weighted by molar-refractivity contribution is 6.11. The van der Waals surface area contributed by atoms with Crippen LogP contribution < -0.4 is 10.5 Å². The molecule has 0 N–H and O–H groups in total. The van der Waals surface area contributed by atoms with Gasteiger partial charge in [-0.25, -0.2) is 4.39 Å². The summed E-state index contributed by atoms with van der Waals surface area (Å²) in [5.74, 6) is -1.44. The molecule has 164 valence electrons. The zero-order valence-corrected chi connectivity index (χ0v) is 17.8. The molecule has 1 aliphatic heterocycles. The number of carbonyl (C=O) groups excluding carboxylic acids is 2. The number of carbonyl (C=O) groups is 2. The number of anilines is 1. The molecular weight excluding hydrogens is 409 g/mol. The lowest BCUT2D eigenvalue weighted by molar-refractivity contribution is -0.133. The summed E-state index contributed by atoms with van der Waals surface area (Å²) in [7, 11) is 0. The van der Waals surface area contributed by atoms with Gasteiger partial charge >= 0.3 is 0 Å². The van der Waals surface area contributed by atoms with Gasteiger partial charge in [0.05, 0.1) is 0 Å². The number of rotatable bonds is 5. The van der Waals surface area contributed by atoms with Gasteiger partial charge in [0.25, 0.3) is 11.5 Å². The van der Waals surface area contributed by atoms with Gasteiger partial charge in [0.15, 0.2) is 11.8 Å². The molecule has 6 nitrogen and oxygen atoms in total. The summed E-state index contributed by atoms with van der Waals surface area (Å²) in [5.41, 5.74) is 1.57. The minimum atomic E-state index is -1.34. The van der Waals surface area contributed by atoms with Crippen molar-refractivity contribution in [1.82, 2.24) is 9.47 Å². The minimum Gasteiger partial charge on any atom is -0.368 e. The molecule has 1 aromatic heterocycles. The van der Waals surface area contributed by atoms with Crippen LogP contribution in [-0.2, 0) is 4.79 Å². The van der Waals surface area contributed by atoms with E-state index in [2.05, 4.69) is 4.90 Å².